The second-order valence-corrected chi connectivity index (χ2v) is 9.15. The molecule has 0 saturated heterocycles. The minimum Gasteiger partial charge on any atom is -0.481 e. The number of rotatable bonds is 11. The molecule has 0 aliphatic heterocycles. The van der Waals surface area contributed by atoms with E-state index in [-0.39, 0.29) is 31.4 Å². The Morgan fingerprint density at radius 3 is 2.15 bits per heavy atom. The van der Waals surface area contributed by atoms with Crippen LogP contribution in [0.5, 0.6) is 0 Å². The van der Waals surface area contributed by atoms with Gasteiger partial charge in [-0.05, 0) is 42.0 Å². The summed E-state index contributed by atoms with van der Waals surface area (Å²) in [6.07, 6.45) is 1.12. The summed E-state index contributed by atoms with van der Waals surface area (Å²) in [5.41, 5.74) is 3.70. The van der Waals surface area contributed by atoms with E-state index in [2.05, 4.69) is 34.9 Å². The molecule has 7 nitrogen and oxygen atoms in total. The molecule has 0 fully saturated rings. The lowest BCUT2D eigenvalue weighted by atomic mass is 9.85. The fourth-order valence-corrected chi connectivity index (χ4v) is 4.43. The third kappa shape index (κ3) is 5.76. The van der Waals surface area contributed by atoms with Crippen LogP contribution in [0.1, 0.15) is 63.5 Å². The van der Waals surface area contributed by atoms with Crippen LogP contribution in [0.25, 0.3) is 11.1 Å². The van der Waals surface area contributed by atoms with Crippen LogP contribution in [-0.4, -0.2) is 42.3 Å². The Balaban J connectivity index is 1.58. The van der Waals surface area contributed by atoms with E-state index in [0.717, 1.165) is 28.7 Å². The molecule has 0 radical (unpaired) electrons. The molecule has 7 heteroatoms. The molecular weight excluding hydrogens is 432 g/mol. The number of hydrogen-bond donors (Lipinski definition) is 3. The van der Waals surface area contributed by atoms with Crippen molar-refractivity contribution in [3.05, 3.63) is 59.7 Å². The number of alkyl carbamates (subject to hydrolysis) is 1. The van der Waals surface area contributed by atoms with Gasteiger partial charge in [0.15, 0.2) is 0 Å². The Kier molecular flexibility index (Phi) is 8.31. The molecule has 1 aliphatic carbocycles. The van der Waals surface area contributed by atoms with Gasteiger partial charge in [-0.25, -0.2) is 4.79 Å². The predicted octanol–water partition coefficient (Wildman–Crippen LogP) is 4.70. The molecule has 3 rings (SSSR count). The van der Waals surface area contributed by atoms with Gasteiger partial charge < -0.3 is 20.5 Å². The van der Waals surface area contributed by atoms with Gasteiger partial charge in [0.2, 0.25) is 5.91 Å². The first-order chi connectivity index (χ1) is 16.3. The van der Waals surface area contributed by atoms with Gasteiger partial charge in [-0.15, -0.1) is 0 Å². The van der Waals surface area contributed by atoms with Gasteiger partial charge >= 0.3 is 12.1 Å². The van der Waals surface area contributed by atoms with Crippen molar-refractivity contribution >= 4 is 18.0 Å². The van der Waals surface area contributed by atoms with E-state index in [1.54, 1.807) is 6.92 Å². The first-order valence-corrected chi connectivity index (χ1v) is 11.9. The summed E-state index contributed by atoms with van der Waals surface area (Å²) in [5, 5.41) is 14.7. The Morgan fingerprint density at radius 1 is 1.03 bits per heavy atom. The van der Waals surface area contributed by atoms with Crippen molar-refractivity contribution in [3.8, 4) is 11.1 Å². The van der Waals surface area contributed by atoms with Crippen molar-refractivity contribution < 1.29 is 24.2 Å². The molecule has 2 aromatic rings. The van der Waals surface area contributed by atoms with Crippen molar-refractivity contribution in [2.24, 2.45) is 5.41 Å². The molecule has 2 amide bonds. The molecule has 0 saturated carbocycles. The molecule has 1 aliphatic rings. The standard InChI is InChI=1S/C27H34N2O5/c1-4-10-18(15-24(30)31)29-25(32)27(3,5-2)17-28-26(33)34-16-23-21-13-8-6-11-19(21)20-12-7-9-14-22(20)23/h6-9,11-14,18,23H,4-5,10,15-17H2,1-3H3,(H,28,33)(H,29,32)(H,30,31)/t18-,27?/m0/s1. The zero-order valence-electron chi connectivity index (χ0n) is 20.1. The topological polar surface area (TPSA) is 105 Å². The van der Waals surface area contributed by atoms with E-state index in [9.17, 15) is 14.4 Å². The summed E-state index contributed by atoms with van der Waals surface area (Å²) in [6.45, 7) is 5.86. The van der Waals surface area contributed by atoms with Gasteiger partial charge in [0, 0.05) is 18.5 Å². The number of carbonyl (C=O) groups is 3. The van der Waals surface area contributed by atoms with Crippen molar-refractivity contribution in [1.82, 2.24) is 10.6 Å². The highest BCUT2D eigenvalue weighted by Gasteiger charge is 2.34. The van der Waals surface area contributed by atoms with Crippen LogP contribution in [0.4, 0.5) is 4.79 Å². The lowest BCUT2D eigenvalue weighted by molar-refractivity contribution is -0.138. The number of ether oxygens (including phenoxy) is 1. The molecule has 3 N–H and O–H groups in total. The minimum absolute atomic E-state index is 0.0372. The lowest BCUT2D eigenvalue weighted by Crippen LogP contribution is -2.49. The van der Waals surface area contributed by atoms with E-state index in [1.807, 2.05) is 38.1 Å². The number of carbonyl (C=O) groups excluding carboxylic acids is 2. The van der Waals surface area contributed by atoms with Gasteiger partial charge in [-0.3, -0.25) is 9.59 Å². The summed E-state index contributed by atoms with van der Waals surface area (Å²) >= 11 is 0. The molecule has 2 aromatic carbocycles. The lowest BCUT2D eigenvalue weighted by Gasteiger charge is -2.29. The third-order valence-corrected chi connectivity index (χ3v) is 6.69. The summed E-state index contributed by atoms with van der Waals surface area (Å²) in [6, 6.07) is 15.8. The van der Waals surface area contributed by atoms with Crippen LogP contribution < -0.4 is 10.6 Å². The predicted molar refractivity (Wildman–Crippen MR) is 131 cm³/mol. The number of fused-ring (bicyclic) bond motifs is 3. The van der Waals surface area contributed by atoms with Crippen LogP contribution in [0.3, 0.4) is 0 Å². The average Bonchev–Trinajstić information content (AvgIpc) is 3.14. The quantitative estimate of drug-likeness (QED) is 0.445. The van der Waals surface area contributed by atoms with Crippen LogP contribution in [0.15, 0.2) is 48.5 Å². The highest BCUT2D eigenvalue weighted by molar-refractivity contribution is 5.84. The molecular formula is C27H34N2O5. The Bertz CT molecular complexity index is 992. The maximum atomic E-state index is 12.9. The van der Waals surface area contributed by atoms with E-state index < -0.39 is 23.5 Å². The Morgan fingerprint density at radius 2 is 1.62 bits per heavy atom. The summed E-state index contributed by atoms with van der Waals surface area (Å²) in [5.74, 6) is -1.26. The molecule has 0 heterocycles. The zero-order chi connectivity index (χ0) is 24.7. The van der Waals surface area contributed by atoms with Gasteiger partial charge in [0.25, 0.3) is 0 Å². The van der Waals surface area contributed by atoms with Crippen molar-refractivity contribution in [3.63, 3.8) is 0 Å². The van der Waals surface area contributed by atoms with E-state index in [1.165, 1.54) is 0 Å². The largest absolute Gasteiger partial charge is 0.481 e. The second kappa shape index (κ2) is 11.2. The smallest absolute Gasteiger partial charge is 0.407 e. The van der Waals surface area contributed by atoms with Gasteiger partial charge in [-0.2, -0.15) is 0 Å². The number of amides is 2. The summed E-state index contributed by atoms with van der Waals surface area (Å²) in [4.78, 5) is 36.6. The Labute approximate surface area is 200 Å². The van der Waals surface area contributed by atoms with Crippen LogP contribution >= 0.6 is 0 Å². The number of carboxylic acids is 1. The molecule has 34 heavy (non-hydrogen) atoms. The van der Waals surface area contributed by atoms with E-state index >= 15 is 0 Å². The first kappa shape index (κ1) is 25.3. The average molecular weight is 467 g/mol. The van der Waals surface area contributed by atoms with Crippen LogP contribution in [0, 0.1) is 5.41 Å². The first-order valence-electron chi connectivity index (χ1n) is 11.9. The summed E-state index contributed by atoms with van der Waals surface area (Å²) in [7, 11) is 0. The molecule has 0 bridgehead atoms. The van der Waals surface area contributed by atoms with Gasteiger partial charge in [-0.1, -0.05) is 68.8 Å². The Hall–Kier alpha value is -3.35. The van der Waals surface area contributed by atoms with Crippen molar-refractivity contribution in [2.45, 2.75) is 58.4 Å². The van der Waals surface area contributed by atoms with Gasteiger partial charge in [0.05, 0.1) is 11.8 Å². The zero-order valence-corrected chi connectivity index (χ0v) is 20.1. The molecule has 2 atom stereocenters. The third-order valence-electron chi connectivity index (χ3n) is 6.69. The number of benzene rings is 2. The molecule has 0 spiro atoms. The molecule has 0 aromatic heterocycles. The van der Waals surface area contributed by atoms with Crippen molar-refractivity contribution in [2.75, 3.05) is 13.2 Å². The molecule has 182 valence electrons. The fourth-order valence-electron chi connectivity index (χ4n) is 4.43. The number of carboxylic acid groups (broad SMARTS) is 1. The highest BCUT2D eigenvalue weighted by atomic mass is 16.5. The van der Waals surface area contributed by atoms with Crippen LogP contribution in [-0.2, 0) is 14.3 Å². The summed E-state index contributed by atoms with van der Waals surface area (Å²) < 4.78 is 5.57. The van der Waals surface area contributed by atoms with Crippen molar-refractivity contribution in [1.29, 1.82) is 0 Å². The minimum atomic E-state index is -0.950. The SMILES string of the molecule is CCC[C@@H](CC(=O)O)NC(=O)C(C)(CC)CNC(=O)OCC1c2ccccc2-c2ccccc21. The number of hydrogen-bond acceptors (Lipinski definition) is 4. The van der Waals surface area contributed by atoms with Crippen LogP contribution in [0.2, 0.25) is 0 Å². The van der Waals surface area contributed by atoms with Gasteiger partial charge in [0.1, 0.15) is 6.61 Å². The fraction of sp³-hybridized carbons (Fsp3) is 0.444. The second-order valence-electron chi connectivity index (χ2n) is 9.15. The number of aliphatic carboxylic acids is 1. The monoisotopic (exact) mass is 466 g/mol. The normalized spacial score (nSPS) is 14.9. The van der Waals surface area contributed by atoms with E-state index in [4.69, 9.17) is 9.84 Å². The maximum Gasteiger partial charge on any atom is 0.407 e. The number of nitrogens with one attached hydrogen (secondary N) is 2. The van der Waals surface area contributed by atoms with E-state index in [0.29, 0.717) is 12.8 Å². The highest BCUT2D eigenvalue weighted by Crippen LogP contribution is 2.44. The maximum absolute atomic E-state index is 12.9. The molecule has 1 unspecified atom stereocenters.